The van der Waals surface area contributed by atoms with Gasteiger partial charge in [0.15, 0.2) is 11.5 Å². The molecule has 17 heavy (non-hydrogen) atoms. The second-order valence-electron chi connectivity index (χ2n) is 4.34. The van der Waals surface area contributed by atoms with Crippen molar-refractivity contribution in [1.82, 2.24) is 4.90 Å². The van der Waals surface area contributed by atoms with Crippen molar-refractivity contribution in [3.8, 4) is 0 Å². The number of rotatable bonds is 4. The first-order valence-electron chi connectivity index (χ1n) is 6.12. The standard InChI is InChI=1S/C13H17NO3/c15-11(12-5-4-10-17-12)6-7-13(16)14-8-2-1-3-9-14/h4-5,10H,1-3,6-9H2. The van der Waals surface area contributed by atoms with E-state index in [2.05, 4.69) is 0 Å². The number of nitrogens with zero attached hydrogens (tertiary/aromatic N) is 1. The van der Waals surface area contributed by atoms with Gasteiger partial charge in [0.1, 0.15) is 0 Å². The average molecular weight is 235 g/mol. The molecule has 1 fully saturated rings. The minimum absolute atomic E-state index is 0.0876. The largest absolute Gasteiger partial charge is 0.461 e. The van der Waals surface area contributed by atoms with Crippen molar-refractivity contribution < 1.29 is 14.0 Å². The predicted molar refractivity (Wildman–Crippen MR) is 62.7 cm³/mol. The molecule has 2 heterocycles. The zero-order valence-electron chi connectivity index (χ0n) is 9.85. The molecular weight excluding hydrogens is 218 g/mol. The number of carbonyl (C=O) groups is 2. The van der Waals surface area contributed by atoms with Gasteiger partial charge in [-0.15, -0.1) is 0 Å². The molecule has 0 aliphatic carbocycles. The first kappa shape index (κ1) is 11.9. The van der Waals surface area contributed by atoms with Crippen LogP contribution in [-0.4, -0.2) is 29.7 Å². The third-order valence-electron chi connectivity index (χ3n) is 3.07. The Balaban J connectivity index is 1.77. The molecule has 0 unspecified atom stereocenters. The zero-order chi connectivity index (χ0) is 12.1. The molecule has 1 aliphatic heterocycles. The van der Waals surface area contributed by atoms with Gasteiger partial charge in [0, 0.05) is 25.9 Å². The third-order valence-corrected chi connectivity index (χ3v) is 3.07. The summed E-state index contributed by atoms with van der Waals surface area (Å²) in [6, 6.07) is 3.31. The molecule has 2 rings (SSSR count). The van der Waals surface area contributed by atoms with Crippen LogP contribution in [0, 0.1) is 0 Å². The minimum atomic E-state index is -0.0969. The van der Waals surface area contributed by atoms with Gasteiger partial charge in [0.25, 0.3) is 0 Å². The quantitative estimate of drug-likeness (QED) is 0.752. The Morgan fingerprint density at radius 2 is 1.94 bits per heavy atom. The molecule has 0 bridgehead atoms. The van der Waals surface area contributed by atoms with E-state index in [-0.39, 0.29) is 18.1 Å². The van der Waals surface area contributed by atoms with E-state index in [1.165, 1.54) is 12.7 Å². The normalized spacial score (nSPS) is 15.9. The molecule has 92 valence electrons. The van der Waals surface area contributed by atoms with Gasteiger partial charge < -0.3 is 9.32 Å². The first-order valence-corrected chi connectivity index (χ1v) is 6.12. The Bertz CT molecular complexity index is 377. The fraction of sp³-hybridized carbons (Fsp3) is 0.538. The van der Waals surface area contributed by atoms with Crippen molar-refractivity contribution in [3.05, 3.63) is 24.2 Å². The second kappa shape index (κ2) is 5.66. The molecule has 0 spiro atoms. The SMILES string of the molecule is O=C(CCC(=O)N1CCCCC1)c1ccco1. The molecule has 1 saturated heterocycles. The van der Waals surface area contributed by atoms with Crippen LogP contribution in [0.5, 0.6) is 0 Å². The van der Waals surface area contributed by atoms with Crippen LogP contribution in [0.15, 0.2) is 22.8 Å². The number of piperidine rings is 1. The fourth-order valence-electron chi connectivity index (χ4n) is 2.08. The summed E-state index contributed by atoms with van der Waals surface area (Å²) in [5.74, 6) is 0.335. The van der Waals surface area contributed by atoms with E-state index >= 15 is 0 Å². The molecule has 0 N–H and O–H groups in total. The maximum atomic E-state index is 11.8. The van der Waals surface area contributed by atoms with Crippen molar-refractivity contribution in [1.29, 1.82) is 0 Å². The van der Waals surface area contributed by atoms with Gasteiger partial charge in [-0.25, -0.2) is 0 Å². The molecule has 1 amide bonds. The number of Topliss-reactive ketones (excluding diaryl/α,β-unsaturated/α-hetero) is 1. The predicted octanol–water partition coefficient (Wildman–Crippen LogP) is 2.25. The summed E-state index contributed by atoms with van der Waals surface area (Å²) in [7, 11) is 0. The van der Waals surface area contributed by atoms with Crippen molar-refractivity contribution in [2.45, 2.75) is 32.1 Å². The highest BCUT2D eigenvalue weighted by molar-refractivity contribution is 5.95. The molecule has 1 aromatic rings. The summed E-state index contributed by atoms with van der Waals surface area (Å²) in [5.41, 5.74) is 0. The lowest BCUT2D eigenvalue weighted by Crippen LogP contribution is -2.35. The zero-order valence-corrected chi connectivity index (χ0v) is 9.85. The monoisotopic (exact) mass is 235 g/mol. The Kier molecular flexibility index (Phi) is 3.96. The molecule has 4 nitrogen and oxygen atoms in total. The van der Waals surface area contributed by atoms with Crippen LogP contribution in [0.3, 0.4) is 0 Å². The lowest BCUT2D eigenvalue weighted by Gasteiger charge is -2.26. The summed E-state index contributed by atoms with van der Waals surface area (Å²) >= 11 is 0. The molecule has 0 aromatic carbocycles. The minimum Gasteiger partial charge on any atom is -0.461 e. The number of amides is 1. The highest BCUT2D eigenvalue weighted by atomic mass is 16.3. The van der Waals surface area contributed by atoms with Crippen LogP contribution >= 0.6 is 0 Å². The lowest BCUT2D eigenvalue weighted by molar-refractivity contribution is -0.132. The maximum absolute atomic E-state index is 11.8. The third kappa shape index (κ3) is 3.19. The van der Waals surface area contributed by atoms with Crippen molar-refractivity contribution in [3.63, 3.8) is 0 Å². The highest BCUT2D eigenvalue weighted by Crippen LogP contribution is 2.12. The number of ketones is 1. The van der Waals surface area contributed by atoms with Gasteiger partial charge in [-0.1, -0.05) is 0 Å². The van der Waals surface area contributed by atoms with Crippen molar-refractivity contribution >= 4 is 11.7 Å². The van der Waals surface area contributed by atoms with Crippen molar-refractivity contribution in [2.24, 2.45) is 0 Å². The second-order valence-corrected chi connectivity index (χ2v) is 4.34. The number of furan rings is 1. The fourth-order valence-corrected chi connectivity index (χ4v) is 2.08. The molecule has 0 atom stereocenters. The van der Waals surface area contributed by atoms with E-state index in [9.17, 15) is 9.59 Å². The average Bonchev–Trinajstić information content (AvgIpc) is 2.90. The Morgan fingerprint density at radius 1 is 1.18 bits per heavy atom. The van der Waals surface area contributed by atoms with E-state index in [0.29, 0.717) is 12.2 Å². The summed E-state index contributed by atoms with van der Waals surface area (Å²) in [6.45, 7) is 1.68. The molecule has 4 heteroatoms. The Hall–Kier alpha value is -1.58. The molecule has 1 aliphatic rings. The van der Waals surface area contributed by atoms with Gasteiger partial charge in [-0.2, -0.15) is 0 Å². The van der Waals surface area contributed by atoms with Crippen LogP contribution < -0.4 is 0 Å². The number of likely N-dealkylation sites (tertiary alicyclic amines) is 1. The van der Waals surface area contributed by atoms with E-state index in [0.717, 1.165) is 25.9 Å². The highest BCUT2D eigenvalue weighted by Gasteiger charge is 2.18. The smallest absolute Gasteiger partial charge is 0.223 e. The lowest BCUT2D eigenvalue weighted by atomic mass is 10.1. The Labute approximate surface area is 101 Å². The van der Waals surface area contributed by atoms with Gasteiger partial charge in [-0.05, 0) is 31.4 Å². The van der Waals surface area contributed by atoms with Crippen LogP contribution in [0.25, 0.3) is 0 Å². The summed E-state index contributed by atoms with van der Waals surface area (Å²) in [6.07, 6.45) is 5.37. The topological polar surface area (TPSA) is 50.5 Å². The van der Waals surface area contributed by atoms with Crippen LogP contribution in [0.4, 0.5) is 0 Å². The van der Waals surface area contributed by atoms with E-state index < -0.39 is 0 Å². The van der Waals surface area contributed by atoms with Crippen molar-refractivity contribution in [2.75, 3.05) is 13.1 Å². The molecular formula is C13H17NO3. The van der Waals surface area contributed by atoms with Crippen LogP contribution in [-0.2, 0) is 4.79 Å². The molecule has 0 radical (unpaired) electrons. The summed E-state index contributed by atoms with van der Waals surface area (Å²) in [5, 5.41) is 0. The van der Waals surface area contributed by atoms with Crippen LogP contribution in [0.2, 0.25) is 0 Å². The molecule has 0 saturated carbocycles. The van der Waals surface area contributed by atoms with E-state index in [1.54, 1.807) is 12.1 Å². The number of carbonyl (C=O) groups excluding carboxylic acids is 2. The number of hydrogen-bond donors (Lipinski definition) is 0. The molecule has 1 aromatic heterocycles. The van der Waals surface area contributed by atoms with Gasteiger partial charge in [0.05, 0.1) is 6.26 Å². The number of hydrogen-bond acceptors (Lipinski definition) is 3. The van der Waals surface area contributed by atoms with Gasteiger partial charge in [-0.3, -0.25) is 9.59 Å². The first-order chi connectivity index (χ1) is 8.27. The van der Waals surface area contributed by atoms with Crippen LogP contribution in [0.1, 0.15) is 42.7 Å². The van der Waals surface area contributed by atoms with E-state index in [4.69, 9.17) is 4.42 Å². The summed E-state index contributed by atoms with van der Waals surface area (Å²) in [4.78, 5) is 25.3. The van der Waals surface area contributed by atoms with E-state index in [1.807, 2.05) is 4.90 Å². The van der Waals surface area contributed by atoms with Gasteiger partial charge >= 0.3 is 0 Å². The van der Waals surface area contributed by atoms with Gasteiger partial charge in [0.2, 0.25) is 5.91 Å². The summed E-state index contributed by atoms with van der Waals surface area (Å²) < 4.78 is 5.00. The maximum Gasteiger partial charge on any atom is 0.223 e. The Morgan fingerprint density at radius 3 is 2.59 bits per heavy atom.